The van der Waals surface area contributed by atoms with Crippen LogP contribution < -0.4 is 10.1 Å². The van der Waals surface area contributed by atoms with Crippen molar-refractivity contribution in [3.05, 3.63) is 46.8 Å². The predicted molar refractivity (Wildman–Crippen MR) is 77.8 cm³/mol. The molecule has 0 bridgehead atoms. The van der Waals surface area contributed by atoms with Crippen LogP contribution in [0.25, 0.3) is 0 Å². The van der Waals surface area contributed by atoms with Crippen molar-refractivity contribution in [2.45, 2.75) is 19.9 Å². The highest BCUT2D eigenvalue weighted by atomic mass is 16.5. The summed E-state index contributed by atoms with van der Waals surface area (Å²) in [6, 6.07) is 10.3. The van der Waals surface area contributed by atoms with Crippen LogP contribution in [0.15, 0.2) is 24.3 Å². The maximum absolute atomic E-state index is 9.04. The Labute approximate surface area is 118 Å². The second-order valence-electron chi connectivity index (χ2n) is 5.09. The third-order valence-electron chi connectivity index (χ3n) is 3.93. The molecule has 1 aromatic carbocycles. The number of anilines is 1. The molecule has 0 fully saturated rings. The van der Waals surface area contributed by atoms with Crippen molar-refractivity contribution in [3.8, 4) is 11.8 Å². The van der Waals surface area contributed by atoms with Gasteiger partial charge < -0.3 is 14.6 Å². The first-order valence-corrected chi connectivity index (χ1v) is 6.74. The quantitative estimate of drug-likeness (QED) is 0.930. The van der Waals surface area contributed by atoms with E-state index in [-0.39, 0.29) is 0 Å². The summed E-state index contributed by atoms with van der Waals surface area (Å²) in [5.41, 5.74) is 5.33. The van der Waals surface area contributed by atoms with Crippen molar-refractivity contribution in [1.82, 2.24) is 4.57 Å². The second-order valence-corrected chi connectivity index (χ2v) is 5.09. The van der Waals surface area contributed by atoms with Crippen molar-refractivity contribution in [2.75, 3.05) is 11.9 Å². The molecule has 3 rings (SSSR count). The third-order valence-corrected chi connectivity index (χ3v) is 3.93. The lowest BCUT2D eigenvalue weighted by Gasteiger charge is -2.08. The van der Waals surface area contributed by atoms with E-state index in [9.17, 15) is 0 Å². The van der Waals surface area contributed by atoms with Gasteiger partial charge in [0.2, 0.25) is 0 Å². The molecular formula is C16H17N3O. The van der Waals surface area contributed by atoms with Gasteiger partial charge in [-0.2, -0.15) is 5.26 Å². The molecule has 1 aliphatic heterocycles. The average Bonchev–Trinajstić information content (AvgIpc) is 3.03. The van der Waals surface area contributed by atoms with Crippen molar-refractivity contribution < 1.29 is 4.74 Å². The number of nitrogens with one attached hydrogen (secondary N) is 1. The summed E-state index contributed by atoms with van der Waals surface area (Å²) in [5, 5.41) is 12.5. The summed E-state index contributed by atoms with van der Waals surface area (Å²) in [6.07, 6.45) is 0.980. The number of rotatable bonds is 3. The molecule has 0 saturated heterocycles. The van der Waals surface area contributed by atoms with Gasteiger partial charge in [-0.15, -0.1) is 0 Å². The fourth-order valence-corrected chi connectivity index (χ4v) is 2.54. The van der Waals surface area contributed by atoms with Crippen molar-refractivity contribution in [1.29, 1.82) is 5.26 Å². The standard InChI is InChI=1S/C16H17N3O/c1-11-13(8-15(9-17)19(11)2)10-18-14-3-4-16-12(7-14)5-6-20-16/h3-4,7-8,18H,5-6,10H2,1-2H3. The van der Waals surface area contributed by atoms with Gasteiger partial charge in [0.15, 0.2) is 0 Å². The molecular weight excluding hydrogens is 250 g/mol. The number of hydrogen-bond acceptors (Lipinski definition) is 3. The van der Waals surface area contributed by atoms with Crippen LogP contribution in [0.5, 0.6) is 5.75 Å². The summed E-state index contributed by atoms with van der Waals surface area (Å²) in [6.45, 7) is 3.54. The molecule has 0 unspecified atom stereocenters. The summed E-state index contributed by atoms with van der Waals surface area (Å²) in [4.78, 5) is 0. The average molecular weight is 267 g/mol. The second kappa shape index (κ2) is 4.93. The molecule has 1 N–H and O–H groups in total. The summed E-state index contributed by atoms with van der Waals surface area (Å²) < 4.78 is 7.43. The van der Waals surface area contributed by atoms with E-state index in [1.165, 1.54) is 5.56 Å². The van der Waals surface area contributed by atoms with Gasteiger partial charge in [0.05, 0.1) is 6.61 Å². The number of benzene rings is 1. The molecule has 20 heavy (non-hydrogen) atoms. The molecule has 1 aromatic heterocycles. The minimum Gasteiger partial charge on any atom is -0.493 e. The molecule has 4 heteroatoms. The Hall–Kier alpha value is -2.41. The van der Waals surface area contributed by atoms with Crippen LogP contribution in [0.1, 0.15) is 22.5 Å². The van der Waals surface area contributed by atoms with E-state index in [0.29, 0.717) is 5.69 Å². The van der Waals surface area contributed by atoms with Crippen LogP contribution in [-0.4, -0.2) is 11.2 Å². The van der Waals surface area contributed by atoms with Crippen LogP contribution in [0.4, 0.5) is 5.69 Å². The number of nitrogens with zero attached hydrogens (tertiary/aromatic N) is 2. The Morgan fingerprint density at radius 2 is 2.25 bits per heavy atom. The van der Waals surface area contributed by atoms with Crippen molar-refractivity contribution >= 4 is 5.69 Å². The number of nitriles is 1. The van der Waals surface area contributed by atoms with Gasteiger partial charge in [0.1, 0.15) is 17.5 Å². The Kier molecular flexibility index (Phi) is 3.11. The smallest absolute Gasteiger partial charge is 0.122 e. The molecule has 4 nitrogen and oxygen atoms in total. The van der Waals surface area contributed by atoms with Crippen LogP contribution >= 0.6 is 0 Å². The SMILES string of the molecule is Cc1c(CNc2ccc3c(c2)CCO3)cc(C#N)n1C. The van der Waals surface area contributed by atoms with E-state index in [4.69, 9.17) is 10.00 Å². The number of fused-ring (bicyclic) bond motifs is 1. The highest BCUT2D eigenvalue weighted by Crippen LogP contribution is 2.28. The molecule has 0 amide bonds. The van der Waals surface area contributed by atoms with Gasteiger partial charge in [-0.1, -0.05) is 0 Å². The maximum atomic E-state index is 9.04. The van der Waals surface area contributed by atoms with E-state index in [1.54, 1.807) is 0 Å². The molecule has 0 aliphatic carbocycles. The molecule has 0 spiro atoms. The molecule has 1 aliphatic rings. The maximum Gasteiger partial charge on any atom is 0.122 e. The highest BCUT2D eigenvalue weighted by molar-refractivity contribution is 5.53. The van der Waals surface area contributed by atoms with Gasteiger partial charge >= 0.3 is 0 Å². The van der Waals surface area contributed by atoms with E-state index in [2.05, 4.69) is 17.5 Å². The lowest BCUT2D eigenvalue weighted by Crippen LogP contribution is -2.01. The first-order valence-electron chi connectivity index (χ1n) is 6.74. The van der Waals surface area contributed by atoms with Crippen LogP contribution in [0, 0.1) is 18.3 Å². The number of ether oxygens (including phenoxy) is 1. The Morgan fingerprint density at radius 3 is 3.00 bits per heavy atom. The largest absolute Gasteiger partial charge is 0.493 e. The Morgan fingerprint density at radius 1 is 1.40 bits per heavy atom. The van der Waals surface area contributed by atoms with Gasteiger partial charge in [-0.25, -0.2) is 0 Å². The number of aromatic nitrogens is 1. The topological polar surface area (TPSA) is 50.0 Å². The number of hydrogen-bond donors (Lipinski definition) is 1. The summed E-state index contributed by atoms with van der Waals surface area (Å²) >= 11 is 0. The molecule has 2 aromatic rings. The fourth-order valence-electron chi connectivity index (χ4n) is 2.54. The first kappa shape index (κ1) is 12.6. The summed E-state index contributed by atoms with van der Waals surface area (Å²) in [7, 11) is 1.92. The molecule has 0 radical (unpaired) electrons. The minimum atomic E-state index is 0.696. The summed E-state index contributed by atoms with van der Waals surface area (Å²) in [5.74, 6) is 0.998. The molecule has 2 heterocycles. The van der Waals surface area contributed by atoms with Crippen molar-refractivity contribution in [3.63, 3.8) is 0 Å². The first-order chi connectivity index (χ1) is 9.69. The van der Waals surface area contributed by atoms with Gasteiger partial charge in [0.25, 0.3) is 0 Å². The Balaban J connectivity index is 1.75. The van der Waals surface area contributed by atoms with E-state index >= 15 is 0 Å². The molecule has 0 atom stereocenters. The van der Waals surface area contributed by atoms with E-state index < -0.39 is 0 Å². The van der Waals surface area contributed by atoms with Crippen LogP contribution in [0.2, 0.25) is 0 Å². The van der Waals surface area contributed by atoms with Crippen LogP contribution in [-0.2, 0) is 20.0 Å². The van der Waals surface area contributed by atoms with Gasteiger partial charge in [-0.05, 0) is 42.3 Å². The zero-order valence-electron chi connectivity index (χ0n) is 11.7. The molecule has 102 valence electrons. The van der Waals surface area contributed by atoms with E-state index in [1.807, 2.05) is 36.7 Å². The normalized spacial score (nSPS) is 12.7. The zero-order chi connectivity index (χ0) is 14.1. The monoisotopic (exact) mass is 267 g/mol. The zero-order valence-corrected chi connectivity index (χ0v) is 11.7. The van der Waals surface area contributed by atoms with Gasteiger partial charge in [0, 0.05) is 31.4 Å². The fraction of sp³-hybridized carbons (Fsp3) is 0.312. The lowest BCUT2D eigenvalue weighted by atomic mass is 10.1. The van der Waals surface area contributed by atoms with E-state index in [0.717, 1.165) is 42.3 Å². The minimum absolute atomic E-state index is 0.696. The van der Waals surface area contributed by atoms with Gasteiger partial charge in [-0.3, -0.25) is 0 Å². The van der Waals surface area contributed by atoms with Crippen molar-refractivity contribution in [2.24, 2.45) is 7.05 Å². The third kappa shape index (κ3) is 2.12. The Bertz CT molecular complexity index is 694. The molecule has 0 saturated carbocycles. The predicted octanol–water partition coefficient (Wildman–Crippen LogP) is 2.75. The highest BCUT2D eigenvalue weighted by Gasteiger charge is 2.12. The lowest BCUT2D eigenvalue weighted by molar-refractivity contribution is 0.357. The van der Waals surface area contributed by atoms with Crippen LogP contribution in [0.3, 0.4) is 0 Å².